The predicted molar refractivity (Wildman–Crippen MR) is 129 cm³/mol. The number of aromatic nitrogens is 3. The van der Waals surface area contributed by atoms with E-state index in [-0.39, 0.29) is 12.5 Å². The van der Waals surface area contributed by atoms with E-state index in [0.29, 0.717) is 23.7 Å². The molecule has 0 aliphatic rings. The number of benzene rings is 2. The normalized spacial score (nSPS) is 10.8. The molecule has 4 aromatic rings. The molecule has 8 heteroatoms. The highest BCUT2D eigenvalue weighted by atomic mass is 32.1. The molecule has 0 bridgehead atoms. The summed E-state index contributed by atoms with van der Waals surface area (Å²) in [6, 6.07) is 19.8. The molecule has 4 rings (SSSR count). The van der Waals surface area contributed by atoms with Gasteiger partial charge in [0.25, 0.3) is 0 Å². The lowest BCUT2D eigenvalue weighted by Gasteiger charge is -2.24. The van der Waals surface area contributed by atoms with Crippen molar-refractivity contribution < 1.29 is 9.53 Å². The van der Waals surface area contributed by atoms with Crippen LogP contribution in [0.3, 0.4) is 0 Å². The molecule has 2 aromatic heterocycles. The number of nitrogens with one attached hydrogen (secondary N) is 1. The average Bonchev–Trinajstić information content (AvgIpc) is 3.44. The van der Waals surface area contributed by atoms with Crippen molar-refractivity contribution in [2.75, 3.05) is 7.11 Å². The van der Waals surface area contributed by atoms with Crippen LogP contribution in [0.5, 0.6) is 5.75 Å². The number of carbonyl (C=O) groups is 1. The zero-order valence-electron chi connectivity index (χ0n) is 17.9. The minimum Gasteiger partial charge on any atom is -0.496 e. The second kappa shape index (κ2) is 9.93. The third-order valence-electron chi connectivity index (χ3n) is 5.19. The monoisotopic (exact) mass is 464 g/mol. The van der Waals surface area contributed by atoms with E-state index in [1.807, 2.05) is 77.9 Å². The third-order valence-corrected chi connectivity index (χ3v) is 6.37. The Bertz CT molecular complexity index is 1240. The average molecular weight is 465 g/mol. The number of amides is 1. The van der Waals surface area contributed by atoms with E-state index in [9.17, 15) is 4.79 Å². The summed E-state index contributed by atoms with van der Waals surface area (Å²) in [6.07, 6.45) is 0. The highest BCUT2D eigenvalue weighted by Gasteiger charge is 2.20. The number of aromatic amines is 1. The van der Waals surface area contributed by atoms with E-state index < -0.39 is 0 Å². The Kier molecular flexibility index (Phi) is 6.82. The lowest BCUT2D eigenvalue weighted by atomic mass is 10.1. The molecule has 0 unspecified atom stereocenters. The smallest absolute Gasteiger partial charge is 0.243 e. The van der Waals surface area contributed by atoms with Crippen molar-refractivity contribution in [3.63, 3.8) is 0 Å². The van der Waals surface area contributed by atoms with Crippen LogP contribution in [0.15, 0.2) is 66.0 Å². The molecule has 32 heavy (non-hydrogen) atoms. The molecule has 1 N–H and O–H groups in total. The molecule has 0 radical (unpaired) electrons. The Morgan fingerprint density at radius 1 is 1.12 bits per heavy atom. The fourth-order valence-electron chi connectivity index (χ4n) is 3.48. The van der Waals surface area contributed by atoms with Crippen LogP contribution < -0.4 is 4.74 Å². The predicted octanol–water partition coefficient (Wildman–Crippen LogP) is 5.22. The first-order valence-corrected chi connectivity index (χ1v) is 11.5. The largest absolute Gasteiger partial charge is 0.496 e. The van der Waals surface area contributed by atoms with Crippen LogP contribution in [0.2, 0.25) is 0 Å². The molecule has 164 valence electrons. The number of hydrogen-bond acceptors (Lipinski definition) is 5. The summed E-state index contributed by atoms with van der Waals surface area (Å²) >= 11 is 7.08. The summed E-state index contributed by atoms with van der Waals surface area (Å²) in [7, 11) is 1.64. The zero-order chi connectivity index (χ0) is 22.5. The molecule has 0 spiro atoms. The molecule has 6 nitrogen and oxygen atoms in total. The fourth-order valence-corrected chi connectivity index (χ4v) is 4.40. The molecule has 0 fully saturated rings. The number of H-pyrrole nitrogens is 1. The Labute approximate surface area is 196 Å². The highest BCUT2D eigenvalue weighted by Crippen LogP contribution is 2.23. The van der Waals surface area contributed by atoms with Gasteiger partial charge in [-0.2, -0.15) is 5.10 Å². The van der Waals surface area contributed by atoms with E-state index in [1.165, 1.54) is 0 Å². The van der Waals surface area contributed by atoms with Gasteiger partial charge in [-0.3, -0.25) is 14.5 Å². The first-order valence-electron chi connectivity index (χ1n) is 10.2. The number of hydrogen-bond donors (Lipinski definition) is 1. The minimum atomic E-state index is -0.0461. The van der Waals surface area contributed by atoms with E-state index in [2.05, 4.69) is 10.2 Å². The fraction of sp³-hybridized carbons (Fsp3) is 0.208. The first kappa shape index (κ1) is 22.0. The number of para-hydroxylation sites is 1. The first-order chi connectivity index (χ1) is 15.5. The van der Waals surface area contributed by atoms with Crippen LogP contribution in [-0.4, -0.2) is 32.7 Å². The Hall–Kier alpha value is -3.23. The maximum atomic E-state index is 13.5. The van der Waals surface area contributed by atoms with Crippen molar-refractivity contribution >= 4 is 29.5 Å². The van der Waals surface area contributed by atoms with Crippen LogP contribution >= 0.6 is 23.6 Å². The van der Waals surface area contributed by atoms with E-state index in [1.54, 1.807) is 23.0 Å². The number of ether oxygens (including phenoxy) is 1. The van der Waals surface area contributed by atoms with Crippen LogP contribution in [-0.2, 0) is 24.4 Å². The number of methoxy groups -OCH3 is 1. The van der Waals surface area contributed by atoms with Crippen molar-refractivity contribution in [2.24, 2.45) is 0 Å². The zero-order valence-corrected chi connectivity index (χ0v) is 19.6. The van der Waals surface area contributed by atoms with E-state index >= 15 is 0 Å². The van der Waals surface area contributed by atoms with Crippen LogP contribution in [0.1, 0.15) is 16.0 Å². The van der Waals surface area contributed by atoms with E-state index in [4.69, 9.17) is 17.0 Å². The van der Waals surface area contributed by atoms with Crippen molar-refractivity contribution in [2.45, 2.75) is 26.6 Å². The van der Waals surface area contributed by atoms with Crippen molar-refractivity contribution in [1.82, 2.24) is 19.7 Å². The topological polar surface area (TPSA) is 63.1 Å². The Morgan fingerprint density at radius 3 is 2.62 bits per heavy atom. The molecule has 2 aromatic carbocycles. The molecule has 0 saturated heterocycles. The number of thiophene rings is 1. The highest BCUT2D eigenvalue weighted by molar-refractivity contribution is 7.71. The van der Waals surface area contributed by atoms with Crippen molar-refractivity contribution in [3.8, 4) is 17.1 Å². The van der Waals surface area contributed by atoms with Crippen molar-refractivity contribution in [1.29, 1.82) is 0 Å². The van der Waals surface area contributed by atoms with Crippen LogP contribution in [0, 0.1) is 11.7 Å². The van der Waals surface area contributed by atoms with Crippen molar-refractivity contribution in [3.05, 3.63) is 86.8 Å². The summed E-state index contributed by atoms with van der Waals surface area (Å²) in [5.41, 5.74) is 3.02. The molecule has 2 heterocycles. The Morgan fingerprint density at radius 2 is 1.91 bits per heavy atom. The second-order valence-corrected chi connectivity index (χ2v) is 8.86. The van der Waals surface area contributed by atoms with Gasteiger partial charge in [0.15, 0.2) is 10.6 Å². The molecule has 0 aliphatic carbocycles. The number of rotatable bonds is 8. The van der Waals surface area contributed by atoms with Gasteiger partial charge in [0, 0.05) is 22.5 Å². The van der Waals surface area contributed by atoms with Gasteiger partial charge in [0.2, 0.25) is 5.91 Å². The lowest BCUT2D eigenvalue weighted by Crippen LogP contribution is -2.33. The summed E-state index contributed by atoms with van der Waals surface area (Å²) in [5, 5.41) is 9.22. The lowest BCUT2D eigenvalue weighted by molar-refractivity contribution is -0.133. The SMILES string of the molecule is COc1ccccc1CN(Cc1cccs1)C(=O)Cn1c(-c2ccc(C)cc2)n[nH]c1=S. The quantitative estimate of drug-likeness (QED) is 0.363. The molecule has 1 amide bonds. The minimum absolute atomic E-state index is 0.0461. The molecule has 0 atom stereocenters. The molecular weight excluding hydrogens is 440 g/mol. The van der Waals surface area contributed by atoms with Gasteiger partial charge >= 0.3 is 0 Å². The number of aryl methyl sites for hydroxylation is 1. The van der Waals surface area contributed by atoms with Gasteiger partial charge in [0.1, 0.15) is 12.3 Å². The summed E-state index contributed by atoms with van der Waals surface area (Å²) < 4.78 is 7.68. The number of carbonyl (C=O) groups excluding carboxylic acids is 1. The Balaban J connectivity index is 1.62. The van der Waals surface area contributed by atoms with Gasteiger partial charge in [-0.25, -0.2) is 0 Å². The van der Waals surface area contributed by atoms with Crippen LogP contribution in [0.25, 0.3) is 11.4 Å². The van der Waals surface area contributed by atoms with Gasteiger partial charge in [-0.15, -0.1) is 11.3 Å². The van der Waals surface area contributed by atoms with Gasteiger partial charge in [0.05, 0.1) is 13.7 Å². The second-order valence-electron chi connectivity index (χ2n) is 7.45. The molecule has 0 aliphatic heterocycles. The maximum absolute atomic E-state index is 13.5. The molecular formula is C24H24N4O2S2. The van der Waals surface area contributed by atoms with Gasteiger partial charge in [-0.1, -0.05) is 54.1 Å². The van der Waals surface area contributed by atoms with E-state index in [0.717, 1.165) is 27.3 Å². The van der Waals surface area contributed by atoms with Gasteiger partial charge < -0.3 is 9.64 Å². The summed E-state index contributed by atoms with van der Waals surface area (Å²) in [5.74, 6) is 1.36. The van der Waals surface area contributed by atoms with Crippen LogP contribution in [0.4, 0.5) is 0 Å². The number of nitrogens with zero attached hydrogens (tertiary/aromatic N) is 3. The molecule has 0 saturated carbocycles. The summed E-state index contributed by atoms with van der Waals surface area (Å²) in [6.45, 7) is 3.08. The third kappa shape index (κ3) is 4.98. The summed E-state index contributed by atoms with van der Waals surface area (Å²) in [4.78, 5) is 16.5. The maximum Gasteiger partial charge on any atom is 0.243 e. The standard InChI is InChI=1S/C24H24N4O2S2/c1-17-9-11-18(12-10-17)23-25-26-24(31)28(23)16-22(29)27(15-20-7-5-13-32-20)14-19-6-3-4-8-21(19)30-2/h3-13H,14-16H2,1-2H3,(H,26,31). The van der Waals surface area contributed by atoms with Gasteiger partial charge in [-0.05, 0) is 36.7 Å².